The second-order valence-corrected chi connectivity index (χ2v) is 3.66. The highest BCUT2D eigenvalue weighted by Gasteiger charge is 2.11. The molecule has 0 atom stereocenters. The van der Waals surface area contributed by atoms with Crippen molar-refractivity contribution in [2.45, 2.75) is 11.9 Å². The van der Waals surface area contributed by atoms with Gasteiger partial charge in [-0.25, -0.2) is 4.98 Å². The number of anilines is 1. The van der Waals surface area contributed by atoms with Gasteiger partial charge >= 0.3 is 5.97 Å². The largest absolute Gasteiger partial charge is 0.479 e. The van der Waals surface area contributed by atoms with Crippen LogP contribution in [0.5, 0.6) is 5.88 Å². The number of carbonyl (C=O) groups excluding carboxylic acids is 1. The second kappa shape index (κ2) is 6.16. The molecule has 1 heterocycles. The Morgan fingerprint density at radius 2 is 2.31 bits per heavy atom. The number of esters is 1. The highest BCUT2D eigenvalue weighted by Crippen LogP contribution is 2.28. The van der Waals surface area contributed by atoms with Crippen LogP contribution in [0.15, 0.2) is 11.4 Å². The lowest BCUT2D eigenvalue weighted by molar-refractivity contribution is -0.139. The van der Waals surface area contributed by atoms with Crippen LogP contribution in [-0.2, 0) is 9.53 Å². The number of hydrogen-bond donors (Lipinski definition) is 1. The van der Waals surface area contributed by atoms with Gasteiger partial charge in [0.2, 0.25) is 5.88 Å². The lowest BCUT2D eigenvalue weighted by Crippen LogP contribution is -2.07. The first-order valence-corrected chi connectivity index (χ1v) is 5.60. The average molecular weight is 243 g/mol. The van der Waals surface area contributed by atoms with Gasteiger partial charge in [-0.3, -0.25) is 4.79 Å². The summed E-state index contributed by atoms with van der Waals surface area (Å²) in [6.07, 6.45) is 1.34. The Morgan fingerprint density at radius 1 is 1.56 bits per heavy atom. The van der Waals surface area contributed by atoms with Gasteiger partial charge in [-0.05, 0) is 6.92 Å². The van der Waals surface area contributed by atoms with E-state index >= 15 is 0 Å². The first kappa shape index (κ1) is 12.6. The van der Waals surface area contributed by atoms with Crippen molar-refractivity contribution in [2.75, 3.05) is 25.2 Å². The van der Waals surface area contributed by atoms with Crippen LogP contribution < -0.4 is 10.5 Å². The molecular formula is C9H13N3O3S. The number of rotatable bonds is 5. The van der Waals surface area contributed by atoms with Gasteiger partial charge in [0.25, 0.3) is 0 Å². The van der Waals surface area contributed by atoms with E-state index in [1.807, 2.05) is 0 Å². The summed E-state index contributed by atoms with van der Waals surface area (Å²) in [7, 11) is 1.47. The van der Waals surface area contributed by atoms with Crippen molar-refractivity contribution in [3.05, 3.63) is 6.33 Å². The average Bonchev–Trinajstić information content (AvgIpc) is 2.28. The van der Waals surface area contributed by atoms with Crippen molar-refractivity contribution in [3.63, 3.8) is 0 Å². The molecule has 0 aliphatic carbocycles. The Kier molecular flexibility index (Phi) is 4.84. The molecular weight excluding hydrogens is 230 g/mol. The van der Waals surface area contributed by atoms with E-state index in [9.17, 15) is 4.79 Å². The molecule has 0 aliphatic heterocycles. The van der Waals surface area contributed by atoms with Crippen LogP contribution in [0.1, 0.15) is 6.92 Å². The van der Waals surface area contributed by atoms with E-state index in [-0.39, 0.29) is 11.7 Å². The third kappa shape index (κ3) is 3.27. The fourth-order valence-electron chi connectivity index (χ4n) is 0.972. The summed E-state index contributed by atoms with van der Waals surface area (Å²) in [5.41, 5.74) is 6.06. The van der Waals surface area contributed by atoms with E-state index in [1.54, 1.807) is 6.92 Å². The molecule has 0 aromatic carbocycles. The maximum absolute atomic E-state index is 11.1. The van der Waals surface area contributed by atoms with Crippen LogP contribution >= 0.6 is 11.8 Å². The van der Waals surface area contributed by atoms with Gasteiger partial charge < -0.3 is 15.2 Å². The number of ether oxygens (including phenoxy) is 2. The van der Waals surface area contributed by atoms with Crippen LogP contribution in [0.2, 0.25) is 0 Å². The third-order valence-electron chi connectivity index (χ3n) is 1.64. The van der Waals surface area contributed by atoms with Crippen molar-refractivity contribution >= 4 is 23.4 Å². The quantitative estimate of drug-likeness (QED) is 0.463. The molecule has 88 valence electrons. The molecule has 6 nitrogen and oxygen atoms in total. The molecule has 0 saturated carbocycles. The van der Waals surface area contributed by atoms with Crippen LogP contribution in [0.4, 0.5) is 5.69 Å². The van der Waals surface area contributed by atoms with E-state index in [2.05, 4.69) is 9.97 Å². The van der Waals surface area contributed by atoms with Crippen LogP contribution in [0.25, 0.3) is 0 Å². The zero-order chi connectivity index (χ0) is 12.0. The van der Waals surface area contributed by atoms with Crippen molar-refractivity contribution in [3.8, 4) is 5.88 Å². The normalized spacial score (nSPS) is 9.88. The molecule has 2 N–H and O–H groups in total. The van der Waals surface area contributed by atoms with Crippen molar-refractivity contribution < 1.29 is 14.3 Å². The predicted octanol–water partition coefficient (Wildman–Crippen LogP) is 0.723. The molecule has 0 unspecified atom stereocenters. The molecule has 0 aliphatic rings. The molecule has 0 fully saturated rings. The molecule has 0 spiro atoms. The number of thioether (sulfide) groups is 1. The molecule has 0 radical (unpaired) electrons. The summed E-state index contributed by atoms with van der Waals surface area (Å²) in [6.45, 7) is 2.12. The zero-order valence-corrected chi connectivity index (χ0v) is 9.91. The maximum atomic E-state index is 11.1. The molecule has 1 aromatic rings. The van der Waals surface area contributed by atoms with Crippen LogP contribution in [0, 0.1) is 0 Å². The lowest BCUT2D eigenvalue weighted by Gasteiger charge is -2.06. The Balaban J connectivity index is 2.63. The van der Waals surface area contributed by atoms with Crippen molar-refractivity contribution in [1.82, 2.24) is 9.97 Å². The molecule has 0 saturated heterocycles. The summed E-state index contributed by atoms with van der Waals surface area (Å²) < 4.78 is 9.72. The van der Waals surface area contributed by atoms with E-state index < -0.39 is 0 Å². The van der Waals surface area contributed by atoms with Gasteiger partial charge in [0, 0.05) is 0 Å². The number of methoxy groups -OCH3 is 1. The summed E-state index contributed by atoms with van der Waals surface area (Å²) in [6, 6.07) is 0. The molecule has 16 heavy (non-hydrogen) atoms. The lowest BCUT2D eigenvalue weighted by atomic mass is 10.5. The second-order valence-electron chi connectivity index (χ2n) is 2.70. The molecule has 7 heteroatoms. The fraction of sp³-hybridized carbons (Fsp3) is 0.444. The zero-order valence-electron chi connectivity index (χ0n) is 9.10. The summed E-state index contributed by atoms with van der Waals surface area (Å²) in [5, 5.41) is 0.514. The van der Waals surface area contributed by atoms with Crippen LogP contribution in [0.3, 0.4) is 0 Å². The minimum atomic E-state index is -0.301. The topological polar surface area (TPSA) is 87.3 Å². The van der Waals surface area contributed by atoms with E-state index in [0.29, 0.717) is 23.2 Å². The van der Waals surface area contributed by atoms with Gasteiger partial charge in [-0.2, -0.15) is 4.98 Å². The number of nitrogen functional groups attached to an aromatic ring is 1. The van der Waals surface area contributed by atoms with E-state index in [4.69, 9.17) is 15.2 Å². The highest BCUT2D eigenvalue weighted by molar-refractivity contribution is 8.00. The molecule has 0 bridgehead atoms. The van der Waals surface area contributed by atoms with Crippen molar-refractivity contribution in [1.29, 1.82) is 0 Å². The molecule has 1 rings (SSSR count). The Morgan fingerprint density at radius 3 is 2.94 bits per heavy atom. The van der Waals surface area contributed by atoms with Crippen LogP contribution in [-0.4, -0.2) is 35.4 Å². The number of carbonyl (C=O) groups is 1. The third-order valence-corrected chi connectivity index (χ3v) is 2.62. The number of hydrogen-bond acceptors (Lipinski definition) is 7. The summed E-state index contributed by atoms with van der Waals surface area (Å²) in [5.74, 6) is 0.170. The summed E-state index contributed by atoms with van der Waals surface area (Å²) >= 11 is 1.19. The van der Waals surface area contributed by atoms with Gasteiger partial charge in [0.05, 0.1) is 19.5 Å². The Hall–Kier alpha value is -1.50. The monoisotopic (exact) mass is 243 g/mol. The SMILES string of the molecule is CCOC(=O)CSc1ncnc(OC)c1N. The smallest absolute Gasteiger partial charge is 0.316 e. The van der Waals surface area contributed by atoms with E-state index in [1.165, 1.54) is 25.2 Å². The molecule has 0 amide bonds. The van der Waals surface area contributed by atoms with Crippen molar-refractivity contribution in [2.24, 2.45) is 0 Å². The minimum Gasteiger partial charge on any atom is -0.479 e. The van der Waals surface area contributed by atoms with Gasteiger partial charge in [0.15, 0.2) is 0 Å². The number of nitrogens with two attached hydrogens (primary N) is 1. The summed E-state index contributed by atoms with van der Waals surface area (Å²) in [4.78, 5) is 18.9. The highest BCUT2D eigenvalue weighted by atomic mass is 32.2. The Labute approximate surface area is 97.5 Å². The molecule has 1 aromatic heterocycles. The first-order chi connectivity index (χ1) is 7.69. The van der Waals surface area contributed by atoms with Gasteiger partial charge in [0.1, 0.15) is 17.0 Å². The van der Waals surface area contributed by atoms with Gasteiger partial charge in [-0.15, -0.1) is 0 Å². The maximum Gasteiger partial charge on any atom is 0.316 e. The van der Waals surface area contributed by atoms with E-state index in [0.717, 1.165) is 0 Å². The number of aromatic nitrogens is 2. The van der Waals surface area contributed by atoms with Gasteiger partial charge in [-0.1, -0.05) is 11.8 Å². The predicted molar refractivity (Wildman–Crippen MR) is 60.4 cm³/mol. The Bertz CT molecular complexity index is 373. The minimum absolute atomic E-state index is 0.165. The standard InChI is InChI=1S/C9H13N3O3S/c1-3-15-6(13)4-16-9-7(10)8(14-2)11-5-12-9/h5H,3-4,10H2,1-2H3. The number of nitrogens with zero attached hydrogens (tertiary/aromatic N) is 2. The fourth-order valence-corrected chi connectivity index (χ4v) is 1.67. The first-order valence-electron chi connectivity index (χ1n) is 4.62.